The number of carbonyl (C=O) groups is 3. The van der Waals surface area contributed by atoms with E-state index in [9.17, 15) is 19.2 Å². The van der Waals surface area contributed by atoms with Gasteiger partial charge in [0.2, 0.25) is 5.91 Å². The van der Waals surface area contributed by atoms with Gasteiger partial charge in [-0.05, 0) is 50.8 Å². The van der Waals surface area contributed by atoms with Gasteiger partial charge < -0.3 is 15.0 Å². The third-order valence-electron chi connectivity index (χ3n) is 6.13. The molecule has 10 heteroatoms. The first-order valence-electron chi connectivity index (χ1n) is 11.1. The van der Waals surface area contributed by atoms with E-state index in [0.29, 0.717) is 32.9 Å². The number of benzene rings is 1. The van der Waals surface area contributed by atoms with E-state index >= 15 is 0 Å². The number of fused-ring (bicyclic) bond motifs is 1. The minimum absolute atomic E-state index is 0.0879. The standard InChI is InChI=1S/C24H26N4O5S/c1-14-8-6-7-11-28(14)18(29)12-27-13-25-22-19(23(27)31)15(2)20(34-22)21(30)26-17-10-5-4-9-16(17)24(32)33-3/h4-5,9-10,13-14H,6-8,11-12H2,1-3H3,(H,26,30)/t14-/m0/s1. The minimum atomic E-state index is -0.568. The molecule has 0 saturated carbocycles. The molecule has 0 spiro atoms. The number of piperidine rings is 1. The van der Waals surface area contributed by atoms with Crippen LogP contribution in [-0.4, -0.2) is 51.9 Å². The van der Waals surface area contributed by atoms with Crippen molar-refractivity contribution in [1.82, 2.24) is 14.5 Å². The third-order valence-corrected chi connectivity index (χ3v) is 7.33. The second-order valence-corrected chi connectivity index (χ2v) is 9.34. The Bertz CT molecular complexity index is 1330. The largest absolute Gasteiger partial charge is 0.465 e. The highest BCUT2D eigenvalue weighted by atomic mass is 32.1. The summed E-state index contributed by atoms with van der Waals surface area (Å²) in [5.74, 6) is -1.14. The van der Waals surface area contributed by atoms with Crippen LogP contribution < -0.4 is 10.9 Å². The Morgan fingerprint density at radius 2 is 2.00 bits per heavy atom. The lowest BCUT2D eigenvalue weighted by molar-refractivity contribution is -0.135. The van der Waals surface area contributed by atoms with Gasteiger partial charge in [-0.15, -0.1) is 11.3 Å². The van der Waals surface area contributed by atoms with Crippen LogP contribution in [-0.2, 0) is 16.1 Å². The number of carbonyl (C=O) groups excluding carboxylic acids is 3. The molecule has 0 radical (unpaired) electrons. The number of amides is 2. The Labute approximate surface area is 200 Å². The van der Waals surface area contributed by atoms with Gasteiger partial charge in [0, 0.05) is 12.6 Å². The van der Waals surface area contributed by atoms with Crippen molar-refractivity contribution in [2.24, 2.45) is 0 Å². The summed E-state index contributed by atoms with van der Waals surface area (Å²) in [7, 11) is 1.27. The number of ether oxygens (including phenoxy) is 1. The molecule has 3 aromatic rings. The number of thiophene rings is 1. The number of methoxy groups -OCH3 is 1. The van der Waals surface area contributed by atoms with Crippen molar-refractivity contribution in [3.63, 3.8) is 0 Å². The molecule has 2 amide bonds. The Morgan fingerprint density at radius 1 is 1.24 bits per heavy atom. The van der Waals surface area contributed by atoms with Crippen molar-refractivity contribution in [3.8, 4) is 0 Å². The minimum Gasteiger partial charge on any atom is -0.465 e. The van der Waals surface area contributed by atoms with Crippen LogP contribution in [0, 0.1) is 6.92 Å². The highest BCUT2D eigenvalue weighted by molar-refractivity contribution is 7.20. The van der Waals surface area contributed by atoms with Crippen LogP contribution >= 0.6 is 11.3 Å². The van der Waals surface area contributed by atoms with Gasteiger partial charge >= 0.3 is 5.97 Å². The number of likely N-dealkylation sites (tertiary alicyclic amines) is 1. The maximum absolute atomic E-state index is 13.2. The molecule has 0 bridgehead atoms. The molecular formula is C24H26N4O5S. The van der Waals surface area contributed by atoms with E-state index < -0.39 is 11.9 Å². The molecule has 4 rings (SSSR count). The Balaban J connectivity index is 1.62. The van der Waals surface area contributed by atoms with E-state index in [4.69, 9.17) is 4.74 Å². The molecule has 3 heterocycles. The summed E-state index contributed by atoms with van der Waals surface area (Å²) in [6.07, 6.45) is 4.38. The molecular weight excluding hydrogens is 456 g/mol. The fourth-order valence-corrected chi connectivity index (χ4v) is 5.29. The van der Waals surface area contributed by atoms with Crippen molar-refractivity contribution in [2.75, 3.05) is 19.0 Å². The van der Waals surface area contributed by atoms with Gasteiger partial charge in [0.05, 0.1) is 35.0 Å². The monoisotopic (exact) mass is 482 g/mol. The van der Waals surface area contributed by atoms with Crippen molar-refractivity contribution >= 4 is 45.0 Å². The summed E-state index contributed by atoms with van der Waals surface area (Å²) in [5.41, 5.74) is 0.662. The second-order valence-electron chi connectivity index (χ2n) is 8.34. The van der Waals surface area contributed by atoms with Crippen LogP contribution in [0.1, 0.15) is 51.8 Å². The van der Waals surface area contributed by atoms with E-state index in [1.54, 1.807) is 31.2 Å². The lowest BCUT2D eigenvalue weighted by atomic mass is 10.0. The molecule has 9 nitrogen and oxygen atoms in total. The average molecular weight is 483 g/mol. The number of aryl methyl sites for hydroxylation is 1. The summed E-state index contributed by atoms with van der Waals surface area (Å²) in [6.45, 7) is 4.31. The molecule has 1 saturated heterocycles. The van der Waals surface area contributed by atoms with Crippen LogP contribution in [0.15, 0.2) is 35.4 Å². The SMILES string of the molecule is COC(=O)c1ccccc1NC(=O)c1sc2ncn(CC(=O)N3CCCC[C@@H]3C)c(=O)c2c1C. The predicted octanol–water partition coefficient (Wildman–Crippen LogP) is 3.21. The van der Waals surface area contributed by atoms with Crippen LogP contribution in [0.25, 0.3) is 10.2 Å². The van der Waals surface area contributed by atoms with Gasteiger partial charge in [-0.1, -0.05) is 12.1 Å². The number of esters is 1. The topological polar surface area (TPSA) is 111 Å². The number of hydrogen-bond acceptors (Lipinski definition) is 7. The molecule has 1 aromatic carbocycles. The Hall–Kier alpha value is -3.53. The van der Waals surface area contributed by atoms with Crippen molar-refractivity contribution in [2.45, 2.75) is 45.7 Å². The van der Waals surface area contributed by atoms with Gasteiger partial charge in [0.25, 0.3) is 11.5 Å². The van der Waals surface area contributed by atoms with Crippen LogP contribution in [0.4, 0.5) is 5.69 Å². The number of nitrogens with one attached hydrogen (secondary N) is 1. The lowest BCUT2D eigenvalue weighted by Gasteiger charge is -2.33. The first-order chi connectivity index (χ1) is 16.3. The molecule has 0 aliphatic carbocycles. The summed E-state index contributed by atoms with van der Waals surface area (Å²) in [5, 5.41) is 3.05. The second kappa shape index (κ2) is 9.76. The fraction of sp³-hybridized carbons (Fsp3) is 0.375. The molecule has 1 atom stereocenters. The zero-order valence-corrected chi connectivity index (χ0v) is 20.1. The average Bonchev–Trinajstić information content (AvgIpc) is 3.18. The number of hydrogen-bond donors (Lipinski definition) is 1. The number of aromatic nitrogens is 2. The van der Waals surface area contributed by atoms with E-state index in [0.717, 1.165) is 30.6 Å². The van der Waals surface area contributed by atoms with Crippen molar-refractivity contribution in [3.05, 3.63) is 57.0 Å². The van der Waals surface area contributed by atoms with Crippen molar-refractivity contribution < 1.29 is 19.1 Å². The molecule has 1 N–H and O–H groups in total. The first kappa shape index (κ1) is 23.6. The van der Waals surface area contributed by atoms with Crippen LogP contribution in [0.3, 0.4) is 0 Å². The highest BCUT2D eigenvalue weighted by Crippen LogP contribution is 2.28. The molecule has 2 aromatic heterocycles. The third kappa shape index (κ3) is 4.45. The van der Waals surface area contributed by atoms with Gasteiger partial charge in [-0.25, -0.2) is 9.78 Å². The fourth-order valence-electron chi connectivity index (χ4n) is 4.25. The normalized spacial score (nSPS) is 15.9. The van der Waals surface area contributed by atoms with Gasteiger partial charge in [0.15, 0.2) is 0 Å². The Morgan fingerprint density at radius 3 is 2.74 bits per heavy atom. The maximum Gasteiger partial charge on any atom is 0.339 e. The summed E-state index contributed by atoms with van der Waals surface area (Å²) < 4.78 is 6.08. The zero-order valence-electron chi connectivity index (χ0n) is 19.3. The van der Waals surface area contributed by atoms with Gasteiger partial charge in [0.1, 0.15) is 11.4 Å². The molecule has 34 heavy (non-hydrogen) atoms. The zero-order chi connectivity index (χ0) is 24.4. The van der Waals surface area contributed by atoms with E-state index in [1.807, 2.05) is 11.8 Å². The lowest BCUT2D eigenvalue weighted by Crippen LogP contribution is -2.44. The molecule has 1 aliphatic heterocycles. The van der Waals surface area contributed by atoms with E-state index in [1.165, 1.54) is 18.0 Å². The number of anilines is 1. The summed E-state index contributed by atoms with van der Waals surface area (Å²) >= 11 is 1.09. The van der Waals surface area contributed by atoms with E-state index in [-0.39, 0.29) is 29.6 Å². The number of para-hydroxylation sites is 1. The molecule has 1 fully saturated rings. The van der Waals surface area contributed by atoms with Crippen molar-refractivity contribution in [1.29, 1.82) is 0 Å². The molecule has 0 unspecified atom stereocenters. The van der Waals surface area contributed by atoms with E-state index in [2.05, 4.69) is 10.3 Å². The molecule has 1 aliphatic rings. The summed E-state index contributed by atoms with van der Waals surface area (Å²) in [4.78, 5) is 58.0. The smallest absolute Gasteiger partial charge is 0.339 e. The molecule has 178 valence electrons. The predicted molar refractivity (Wildman–Crippen MR) is 129 cm³/mol. The van der Waals surface area contributed by atoms with Gasteiger partial charge in [-0.2, -0.15) is 0 Å². The van der Waals surface area contributed by atoms with Gasteiger partial charge in [-0.3, -0.25) is 19.0 Å². The van der Waals surface area contributed by atoms with Crippen LogP contribution in [0.5, 0.6) is 0 Å². The van der Waals surface area contributed by atoms with Crippen LogP contribution in [0.2, 0.25) is 0 Å². The highest BCUT2D eigenvalue weighted by Gasteiger charge is 2.25. The summed E-state index contributed by atoms with van der Waals surface area (Å²) in [6, 6.07) is 6.68. The number of rotatable bonds is 5. The maximum atomic E-state index is 13.2. The Kier molecular flexibility index (Phi) is 6.78. The number of nitrogens with zero attached hydrogens (tertiary/aromatic N) is 3. The quantitative estimate of drug-likeness (QED) is 0.559. The first-order valence-corrected chi connectivity index (χ1v) is 11.9.